The van der Waals surface area contributed by atoms with Crippen LogP contribution in [0.3, 0.4) is 0 Å². The number of carbonyl (C=O) groups is 1. The zero-order valence-corrected chi connectivity index (χ0v) is 10.9. The maximum absolute atomic E-state index is 13.2. The molecule has 1 rings (SSSR count). The van der Waals surface area contributed by atoms with Crippen LogP contribution in [-0.4, -0.2) is 32.4 Å². The largest absolute Gasteiger partial charge is 0.418 e. The summed E-state index contributed by atoms with van der Waals surface area (Å²) in [6.07, 6.45) is 4.89. The maximum Gasteiger partial charge on any atom is 0.337 e. The van der Waals surface area contributed by atoms with Gasteiger partial charge in [-0.25, -0.2) is 18.0 Å². The van der Waals surface area contributed by atoms with Crippen LogP contribution >= 0.6 is 0 Å². The van der Waals surface area contributed by atoms with E-state index in [2.05, 4.69) is 10.7 Å². The molecule has 120 valence electrons. The summed E-state index contributed by atoms with van der Waals surface area (Å²) in [7, 11) is 0. The van der Waals surface area contributed by atoms with Gasteiger partial charge in [-0.3, -0.25) is 0 Å². The summed E-state index contributed by atoms with van der Waals surface area (Å²) in [5.74, 6) is -12.1. The van der Waals surface area contributed by atoms with E-state index in [0.717, 1.165) is 0 Å². The number of carbonyl (C=O) groups excluding carboxylic acids is 1. The number of esters is 1. The van der Waals surface area contributed by atoms with Crippen molar-refractivity contribution >= 4 is 5.97 Å². The third-order valence-corrected chi connectivity index (χ3v) is 2.16. The molecule has 4 nitrogen and oxygen atoms in total. The maximum atomic E-state index is 13.2. The van der Waals surface area contributed by atoms with Gasteiger partial charge in [-0.05, 0) is 0 Å². The second-order valence-corrected chi connectivity index (χ2v) is 3.68. The summed E-state index contributed by atoms with van der Waals surface area (Å²) in [5, 5.41) is 0. The molecule has 0 heterocycles. The van der Waals surface area contributed by atoms with Crippen molar-refractivity contribution in [2.75, 3.05) is 26.4 Å². The van der Waals surface area contributed by atoms with E-state index in [4.69, 9.17) is 15.9 Å². The average molecular weight is 324 g/mol. The standard InChI is InChI=1S/C13H9F5O4/c1-2-3-20-4-5-21-6-7(19)22-13-11(17)9(15)8(14)10(16)12(13)18/h1H,3-6H2. The highest BCUT2D eigenvalue weighted by atomic mass is 19.2. The first-order chi connectivity index (χ1) is 10.4. The van der Waals surface area contributed by atoms with Crippen molar-refractivity contribution in [3.05, 3.63) is 29.1 Å². The molecular weight excluding hydrogens is 315 g/mol. The van der Waals surface area contributed by atoms with Crippen molar-refractivity contribution < 1.29 is 41.0 Å². The van der Waals surface area contributed by atoms with Gasteiger partial charge in [-0.1, -0.05) is 5.92 Å². The van der Waals surface area contributed by atoms with Gasteiger partial charge in [0, 0.05) is 0 Å². The van der Waals surface area contributed by atoms with Gasteiger partial charge in [0.05, 0.1) is 13.2 Å². The second kappa shape index (κ2) is 8.31. The number of terminal acetylenes is 1. The highest BCUT2D eigenvalue weighted by Crippen LogP contribution is 2.29. The Bertz CT molecular complexity index is 568. The van der Waals surface area contributed by atoms with Crippen LogP contribution in [0, 0.1) is 41.4 Å². The lowest BCUT2D eigenvalue weighted by Gasteiger charge is -2.09. The smallest absolute Gasteiger partial charge is 0.337 e. The normalized spacial score (nSPS) is 10.4. The number of halogens is 5. The molecule has 0 saturated carbocycles. The van der Waals surface area contributed by atoms with Crippen molar-refractivity contribution in [2.24, 2.45) is 0 Å². The summed E-state index contributed by atoms with van der Waals surface area (Å²) < 4.78 is 78.5. The molecule has 0 fully saturated rings. The van der Waals surface area contributed by atoms with Crippen molar-refractivity contribution in [3.8, 4) is 18.1 Å². The van der Waals surface area contributed by atoms with E-state index in [9.17, 15) is 26.7 Å². The lowest BCUT2D eigenvalue weighted by Crippen LogP contribution is -2.19. The third kappa shape index (κ3) is 4.41. The molecule has 0 aliphatic rings. The lowest BCUT2D eigenvalue weighted by molar-refractivity contribution is -0.140. The van der Waals surface area contributed by atoms with E-state index in [1.54, 1.807) is 0 Å². The van der Waals surface area contributed by atoms with E-state index in [0.29, 0.717) is 0 Å². The van der Waals surface area contributed by atoms with E-state index >= 15 is 0 Å². The van der Waals surface area contributed by atoms with Gasteiger partial charge in [0.2, 0.25) is 34.8 Å². The predicted molar refractivity (Wildman–Crippen MR) is 62.3 cm³/mol. The Morgan fingerprint density at radius 3 is 1.95 bits per heavy atom. The number of hydrogen-bond donors (Lipinski definition) is 0. The van der Waals surface area contributed by atoms with Crippen LogP contribution in [0.15, 0.2) is 0 Å². The number of rotatable bonds is 7. The van der Waals surface area contributed by atoms with Gasteiger partial charge in [-0.15, -0.1) is 6.42 Å². The summed E-state index contributed by atoms with van der Waals surface area (Å²) in [6.45, 7) is -0.800. The van der Waals surface area contributed by atoms with Gasteiger partial charge < -0.3 is 14.2 Å². The van der Waals surface area contributed by atoms with Crippen LogP contribution in [0.4, 0.5) is 22.0 Å². The molecular formula is C13H9F5O4. The van der Waals surface area contributed by atoms with Gasteiger partial charge >= 0.3 is 5.97 Å². The minimum atomic E-state index is -2.35. The molecule has 0 aliphatic heterocycles. The van der Waals surface area contributed by atoms with Crippen molar-refractivity contribution in [2.45, 2.75) is 0 Å². The van der Waals surface area contributed by atoms with Crippen molar-refractivity contribution in [1.82, 2.24) is 0 Å². The van der Waals surface area contributed by atoms with Crippen molar-refractivity contribution in [1.29, 1.82) is 0 Å². The van der Waals surface area contributed by atoms with E-state index in [1.165, 1.54) is 0 Å². The van der Waals surface area contributed by atoms with Crippen LogP contribution in [-0.2, 0) is 14.3 Å². The zero-order chi connectivity index (χ0) is 16.7. The summed E-state index contributed by atoms with van der Waals surface area (Å²) in [6, 6.07) is 0. The first kappa shape index (κ1) is 17.9. The highest BCUT2D eigenvalue weighted by Gasteiger charge is 2.28. The molecule has 0 spiro atoms. The highest BCUT2D eigenvalue weighted by molar-refractivity contribution is 5.73. The summed E-state index contributed by atoms with van der Waals surface area (Å²) in [5.41, 5.74) is 0. The first-order valence-corrected chi connectivity index (χ1v) is 5.71. The lowest BCUT2D eigenvalue weighted by atomic mass is 10.2. The van der Waals surface area contributed by atoms with Gasteiger partial charge in [0.15, 0.2) is 0 Å². The Hall–Kier alpha value is -2.18. The van der Waals surface area contributed by atoms with E-state index < -0.39 is 47.4 Å². The Balaban J connectivity index is 2.61. The van der Waals surface area contributed by atoms with Gasteiger partial charge in [-0.2, -0.15) is 8.78 Å². The molecule has 0 aliphatic carbocycles. The summed E-state index contributed by atoms with van der Waals surface area (Å²) in [4.78, 5) is 11.2. The predicted octanol–water partition coefficient (Wildman–Crippen LogP) is 1.95. The zero-order valence-electron chi connectivity index (χ0n) is 10.9. The molecule has 0 unspecified atom stereocenters. The quantitative estimate of drug-likeness (QED) is 0.146. The van der Waals surface area contributed by atoms with Crippen LogP contribution in [0.2, 0.25) is 0 Å². The molecule has 0 saturated heterocycles. The molecule has 9 heteroatoms. The molecule has 1 aromatic rings. The van der Waals surface area contributed by atoms with E-state index in [1.807, 2.05) is 0 Å². The third-order valence-electron chi connectivity index (χ3n) is 2.16. The number of ether oxygens (including phenoxy) is 3. The minimum Gasteiger partial charge on any atom is -0.418 e. The number of hydrogen-bond acceptors (Lipinski definition) is 4. The fourth-order valence-electron chi connectivity index (χ4n) is 1.22. The van der Waals surface area contributed by atoms with E-state index in [-0.39, 0.29) is 19.8 Å². The molecule has 0 radical (unpaired) electrons. The molecule has 0 aromatic heterocycles. The van der Waals surface area contributed by atoms with Crippen LogP contribution in [0.25, 0.3) is 0 Å². The molecule has 22 heavy (non-hydrogen) atoms. The SMILES string of the molecule is C#CCOCCOCC(=O)Oc1c(F)c(F)c(F)c(F)c1F. The number of benzene rings is 1. The molecule has 0 N–H and O–H groups in total. The fourth-order valence-corrected chi connectivity index (χ4v) is 1.22. The van der Waals surface area contributed by atoms with Crippen molar-refractivity contribution in [3.63, 3.8) is 0 Å². The second-order valence-electron chi connectivity index (χ2n) is 3.68. The first-order valence-electron chi connectivity index (χ1n) is 5.71. The Morgan fingerprint density at radius 2 is 1.41 bits per heavy atom. The topological polar surface area (TPSA) is 44.8 Å². The minimum absolute atomic E-state index is 0.0262. The molecule has 0 amide bonds. The average Bonchev–Trinajstić information content (AvgIpc) is 2.51. The van der Waals surface area contributed by atoms with Crippen LogP contribution < -0.4 is 4.74 Å². The summed E-state index contributed by atoms with van der Waals surface area (Å²) >= 11 is 0. The monoisotopic (exact) mass is 324 g/mol. The molecule has 0 bridgehead atoms. The van der Waals surface area contributed by atoms with Crippen LogP contribution in [0.1, 0.15) is 0 Å². The van der Waals surface area contributed by atoms with Gasteiger partial charge in [0.1, 0.15) is 13.2 Å². The Morgan fingerprint density at radius 1 is 0.909 bits per heavy atom. The van der Waals surface area contributed by atoms with Crippen LogP contribution in [0.5, 0.6) is 5.75 Å². The van der Waals surface area contributed by atoms with Gasteiger partial charge in [0.25, 0.3) is 0 Å². The molecule has 1 aromatic carbocycles. The fraction of sp³-hybridized carbons (Fsp3) is 0.308. The Labute approximate surface area is 121 Å². The Kier molecular flexibility index (Phi) is 6.75. The molecule has 0 atom stereocenters.